The summed E-state index contributed by atoms with van der Waals surface area (Å²) in [7, 11) is -4.89. The Kier molecular flexibility index (Phi) is 5.53. The van der Waals surface area contributed by atoms with Gasteiger partial charge in [-0.05, 0) is 0 Å². The Morgan fingerprint density at radius 3 is 1.92 bits per heavy atom. The average molecular weight is 205 g/mol. The van der Waals surface area contributed by atoms with E-state index in [9.17, 15) is 0 Å². The third-order valence-electron chi connectivity index (χ3n) is 1.13. The monoisotopic (exact) mass is 205 g/mol. The van der Waals surface area contributed by atoms with Crippen LogP contribution in [0.2, 0.25) is 0 Å². The molecule has 0 aliphatic rings. The second kappa shape index (κ2) is 5.85. The number of rotatable bonds is 1. The molecule has 1 rings (SSSR count). The Balaban J connectivity index is 0.000000252. The van der Waals surface area contributed by atoms with Crippen LogP contribution in [0.1, 0.15) is 5.56 Å². The van der Waals surface area contributed by atoms with E-state index in [-0.39, 0.29) is 0 Å². The van der Waals surface area contributed by atoms with E-state index in [1.807, 2.05) is 18.2 Å². The first-order valence-corrected chi connectivity index (χ1v) is 5.06. The number of hydrogen-bond donors (Lipinski definition) is 3. The van der Waals surface area contributed by atoms with Crippen molar-refractivity contribution in [3.05, 3.63) is 35.9 Å². The quantitative estimate of drug-likeness (QED) is 0.504. The lowest BCUT2D eigenvalue weighted by atomic mass is 10.2. The van der Waals surface area contributed by atoms with Gasteiger partial charge in [0.1, 0.15) is 0 Å². The number of hydrogen-bond acceptors (Lipinski definition) is 2. The van der Waals surface area contributed by atoms with Gasteiger partial charge in [-0.25, -0.2) is 0 Å². The largest absolute Gasteiger partial charge is 0.756 e. The first-order valence-electron chi connectivity index (χ1n) is 3.53. The van der Waals surface area contributed by atoms with Gasteiger partial charge in [0.25, 0.3) is 7.82 Å². The molecular formula is C7H12NO4P. The lowest BCUT2D eigenvalue weighted by molar-refractivity contribution is -0.386. The molecule has 0 atom stereocenters. The fourth-order valence-electron chi connectivity index (χ4n) is 0.645. The van der Waals surface area contributed by atoms with E-state index in [4.69, 9.17) is 19.2 Å². The van der Waals surface area contributed by atoms with Crippen LogP contribution in [0.4, 0.5) is 0 Å². The van der Waals surface area contributed by atoms with Crippen LogP contribution in [-0.4, -0.2) is 9.79 Å². The SMILES string of the molecule is O=P([O-])(O)O.[NH3+]Cc1ccccc1. The van der Waals surface area contributed by atoms with Crippen LogP contribution in [0.25, 0.3) is 0 Å². The molecule has 0 saturated carbocycles. The van der Waals surface area contributed by atoms with E-state index in [0.29, 0.717) is 0 Å². The summed E-state index contributed by atoms with van der Waals surface area (Å²) in [4.78, 5) is 22.9. The summed E-state index contributed by atoms with van der Waals surface area (Å²) in [6.45, 7) is 0.890. The zero-order valence-electron chi connectivity index (χ0n) is 6.96. The number of quaternary nitrogens is 1. The maximum atomic E-state index is 8.77. The van der Waals surface area contributed by atoms with Crippen molar-refractivity contribution in [1.29, 1.82) is 0 Å². The topological polar surface area (TPSA) is 108 Å². The summed E-state index contributed by atoms with van der Waals surface area (Å²) in [5, 5.41) is 0. The van der Waals surface area contributed by atoms with E-state index in [1.165, 1.54) is 5.56 Å². The summed E-state index contributed by atoms with van der Waals surface area (Å²) in [6, 6.07) is 10.2. The summed E-state index contributed by atoms with van der Waals surface area (Å²) >= 11 is 0. The van der Waals surface area contributed by atoms with E-state index in [0.717, 1.165) is 6.54 Å². The molecule has 0 fully saturated rings. The molecule has 0 saturated heterocycles. The fraction of sp³-hybridized carbons (Fsp3) is 0.143. The summed E-state index contributed by atoms with van der Waals surface area (Å²) in [5.74, 6) is 0. The third-order valence-corrected chi connectivity index (χ3v) is 1.13. The van der Waals surface area contributed by atoms with Crippen molar-refractivity contribution in [3.63, 3.8) is 0 Å². The van der Waals surface area contributed by atoms with Gasteiger partial charge >= 0.3 is 0 Å². The maximum absolute atomic E-state index is 8.77. The van der Waals surface area contributed by atoms with Gasteiger partial charge < -0.3 is 20.4 Å². The molecule has 0 spiro atoms. The van der Waals surface area contributed by atoms with Crippen LogP contribution in [0.3, 0.4) is 0 Å². The van der Waals surface area contributed by atoms with Gasteiger partial charge in [-0.2, -0.15) is 0 Å². The Morgan fingerprint density at radius 2 is 1.69 bits per heavy atom. The van der Waals surface area contributed by atoms with Crippen molar-refractivity contribution in [2.75, 3.05) is 0 Å². The van der Waals surface area contributed by atoms with Gasteiger partial charge in [0, 0.05) is 5.56 Å². The Hall–Kier alpha value is -0.710. The molecule has 13 heavy (non-hydrogen) atoms. The van der Waals surface area contributed by atoms with Gasteiger partial charge in [0.05, 0.1) is 6.54 Å². The first-order chi connectivity index (χ1) is 5.93. The van der Waals surface area contributed by atoms with Gasteiger partial charge in [-0.15, -0.1) is 0 Å². The molecule has 0 unspecified atom stereocenters. The minimum Gasteiger partial charge on any atom is -0.756 e. The van der Waals surface area contributed by atoms with Crippen LogP contribution in [0.15, 0.2) is 30.3 Å². The van der Waals surface area contributed by atoms with Crippen LogP contribution < -0.4 is 10.6 Å². The van der Waals surface area contributed by atoms with Crippen molar-refractivity contribution in [2.24, 2.45) is 0 Å². The molecule has 74 valence electrons. The predicted molar refractivity (Wildman–Crippen MR) is 45.1 cm³/mol. The molecular weight excluding hydrogens is 193 g/mol. The highest BCUT2D eigenvalue weighted by molar-refractivity contribution is 7.43. The minimum absolute atomic E-state index is 0.890. The van der Waals surface area contributed by atoms with Crippen LogP contribution in [-0.2, 0) is 11.1 Å². The third kappa shape index (κ3) is 11.3. The number of phosphoric acid groups is 1. The van der Waals surface area contributed by atoms with Crippen LogP contribution >= 0.6 is 7.82 Å². The van der Waals surface area contributed by atoms with E-state index in [1.54, 1.807) is 0 Å². The predicted octanol–water partition coefficient (Wildman–Crippen LogP) is -1.13. The Morgan fingerprint density at radius 1 is 1.31 bits per heavy atom. The smallest absolute Gasteiger partial charge is 0.262 e. The number of benzene rings is 1. The van der Waals surface area contributed by atoms with Crippen molar-refractivity contribution >= 4 is 7.82 Å². The Labute approximate surface area is 76.1 Å². The summed E-state index contributed by atoms with van der Waals surface area (Å²) < 4.78 is 8.77. The molecule has 0 amide bonds. The minimum atomic E-state index is -4.89. The second-order valence-electron chi connectivity index (χ2n) is 2.23. The second-order valence-corrected chi connectivity index (χ2v) is 3.21. The van der Waals surface area contributed by atoms with Gasteiger partial charge in [-0.1, -0.05) is 30.3 Å². The van der Waals surface area contributed by atoms with Crippen molar-refractivity contribution in [1.82, 2.24) is 0 Å². The van der Waals surface area contributed by atoms with Crippen molar-refractivity contribution < 1.29 is 25.0 Å². The summed E-state index contributed by atoms with van der Waals surface area (Å²) in [6.07, 6.45) is 0. The normalized spacial score (nSPS) is 10.2. The highest BCUT2D eigenvalue weighted by atomic mass is 31.2. The zero-order chi connectivity index (χ0) is 10.3. The highest BCUT2D eigenvalue weighted by Gasteiger charge is 1.83. The summed E-state index contributed by atoms with van der Waals surface area (Å²) in [5.41, 5.74) is 5.05. The first kappa shape index (κ1) is 12.3. The molecule has 0 aliphatic heterocycles. The van der Waals surface area contributed by atoms with Gasteiger partial charge in [0.2, 0.25) is 0 Å². The average Bonchev–Trinajstić information content (AvgIpc) is 2.03. The lowest BCUT2D eigenvalue weighted by Gasteiger charge is -2.01. The zero-order valence-corrected chi connectivity index (χ0v) is 7.85. The molecule has 5 nitrogen and oxygen atoms in total. The highest BCUT2D eigenvalue weighted by Crippen LogP contribution is 2.18. The van der Waals surface area contributed by atoms with Crippen molar-refractivity contribution in [3.8, 4) is 0 Å². The molecule has 0 heterocycles. The van der Waals surface area contributed by atoms with Gasteiger partial charge in [0.15, 0.2) is 0 Å². The van der Waals surface area contributed by atoms with Crippen LogP contribution in [0.5, 0.6) is 0 Å². The molecule has 0 radical (unpaired) electrons. The maximum Gasteiger partial charge on any atom is 0.262 e. The van der Waals surface area contributed by atoms with Crippen LogP contribution in [0, 0.1) is 0 Å². The molecule has 1 aromatic rings. The lowest BCUT2D eigenvalue weighted by Crippen LogP contribution is -2.47. The van der Waals surface area contributed by atoms with Gasteiger partial charge in [-0.3, -0.25) is 4.57 Å². The molecule has 0 aliphatic carbocycles. The molecule has 1 aromatic carbocycles. The standard InChI is InChI=1S/C7H9N.H3O4P/c8-6-7-4-2-1-3-5-7;1-5(2,3)4/h1-5H,6,8H2;(H3,1,2,3,4). The fourth-order valence-corrected chi connectivity index (χ4v) is 0.645. The van der Waals surface area contributed by atoms with Crippen molar-refractivity contribution in [2.45, 2.75) is 6.54 Å². The molecule has 6 heteroatoms. The molecule has 5 N–H and O–H groups in total. The van der Waals surface area contributed by atoms with E-state index >= 15 is 0 Å². The Bertz CT molecular complexity index is 263. The van der Waals surface area contributed by atoms with E-state index < -0.39 is 7.82 Å². The molecule has 0 bridgehead atoms. The molecule has 0 aromatic heterocycles. The van der Waals surface area contributed by atoms with E-state index in [2.05, 4.69) is 17.9 Å².